The van der Waals surface area contributed by atoms with Crippen molar-refractivity contribution in [3.05, 3.63) is 58.1 Å². The van der Waals surface area contributed by atoms with Crippen LogP contribution >= 0.6 is 23.2 Å². The van der Waals surface area contributed by atoms with E-state index in [1.807, 2.05) is 6.92 Å². The van der Waals surface area contributed by atoms with Crippen LogP contribution in [0.15, 0.2) is 47.4 Å². The van der Waals surface area contributed by atoms with Gasteiger partial charge in [-0.25, -0.2) is 8.42 Å². The predicted molar refractivity (Wildman–Crippen MR) is 111 cm³/mol. The van der Waals surface area contributed by atoms with Crippen LogP contribution < -0.4 is 10.2 Å². The molecule has 2 aromatic carbocycles. The van der Waals surface area contributed by atoms with Gasteiger partial charge in [0.25, 0.3) is 5.91 Å². The highest BCUT2D eigenvalue weighted by Crippen LogP contribution is 2.22. The summed E-state index contributed by atoms with van der Waals surface area (Å²) in [5.41, 5.74) is 1.56. The molecule has 150 valence electrons. The average molecular weight is 443 g/mol. The van der Waals surface area contributed by atoms with Gasteiger partial charge in [0.05, 0.1) is 31.1 Å². The van der Waals surface area contributed by atoms with E-state index in [1.165, 1.54) is 4.31 Å². The molecule has 0 unspecified atom stereocenters. The molecule has 2 aromatic rings. The number of quaternary nitrogens is 1. The van der Waals surface area contributed by atoms with Gasteiger partial charge in [-0.05, 0) is 37.3 Å². The van der Waals surface area contributed by atoms with Crippen molar-refractivity contribution in [1.82, 2.24) is 4.31 Å². The summed E-state index contributed by atoms with van der Waals surface area (Å²) < 4.78 is 27.0. The van der Waals surface area contributed by atoms with Crippen LogP contribution in [0.5, 0.6) is 0 Å². The van der Waals surface area contributed by atoms with E-state index in [0.29, 0.717) is 46.8 Å². The number of halogens is 2. The number of rotatable bonds is 5. The number of anilines is 1. The SMILES string of the molecule is Cc1ccc(S(=O)(=O)N2CC[NH+](CC(=O)Nc3cc(Cl)cc(Cl)c3)CC2)cc1. The third kappa shape index (κ3) is 5.24. The lowest BCUT2D eigenvalue weighted by Gasteiger charge is -2.31. The Morgan fingerprint density at radius 2 is 1.64 bits per heavy atom. The van der Waals surface area contributed by atoms with E-state index in [0.717, 1.165) is 10.5 Å². The van der Waals surface area contributed by atoms with Gasteiger partial charge in [0.15, 0.2) is 6.54 Å². The Morgan fingerprint density at radius 3 is 2.21 bits per heavy atom. The fourth-order valence-corrected chi connectivity index (χ4v) is 5.10. The molecule has 0 atom stereocenters. The molecule has 0 spiro atoms. The van der Waals surface area contributed by atoms with Crippen molar-refractivity contribution in [1.29, 1.82) is 0 Å². The molecule has 1 fully saturated rings. The number of aryl methyl sites for hydroxylation is 1. The number of sulfonamides is 1. The minimum absolute atomic E-state index is 0.164. The van der Waals surface area contributed by atoms with Gasteiger partial charge in [-0.2, -0.15) is 4.31 Å². The largest absolute Gasteiger partial charge is 0.325 e. The third-order valence-corrected chi connectivity index (χ3v) is 6.99. The van der Waals surface area contributed by atoms with Crippen LogP contribution in [0, 0.1) is 6.92 Å². The first-order valence-electron chi connectivity index (χ1n) is 8.90. The normalized spacial score (nSPS) is 16.1. The van der Waals surface area contributed by atoms with Crippen LogP contribution in [-0.2, 0) is 14.8 Å². The van der Waals surface area contributed by atoms with Crippen LogP contribution in [0.1, 0.15) is 5.56 Å². The zero-order valence-corrected chi connectivity index (χ0v) is 17.7. The van der Waals surface area contributed by atoms with Gasteiger partial charge in [-0.3, -0.25) is 4.79 Å². The van der Waals surface area contributed by atoms with E-state index in [-0.39, 0.29) is 12.5 Å². The average Bonchev–Trinajstić information content (AvgIpc) is 2.61. The van der Waals surface area contributed by atoms with Crippen LogP contribution in [0.4, 0.5) is 5.69 Å². The molecule has 28 heavy (non-hydrogen) atoms. The van der Waals surface area contributed by atoms with Gasteiger partial charge in [-0.1, -0.05) is 40.9 Å². The van der Waals surface area contributed by atoms with E-state index in [1.54, 1.807) is 42.5 Å². The highest BCUT2D eigenvalue weighted by Gasteiger charge is 2.31. The number of carbonyl (C=O) groups is 1. The fraction of sp³-hybridized carbons (Fsp3) is 0.316. The van der Waals surface area contributed by atoms with Crippen molar-refractivity contribution >= 4 is 44.8 Å². The first-order valence-corrected chi connectivity index (χ1v) is 11.1. The second-order valence-corrected chi connectivity index (χ2v) is 9.66. The summed E-state index contributed by atoms with van der Waals surface area (Å²) in [4.78, 5) is 13.6. The summed E-state index contributed by atoms with van der Waals surface area (Å²) in [7, 11) is -3.50. The summed E-state index contributed by atoms with van der Waals surface area (Å²) in [5.74, 6) is -0.164. The van der Waals surface area contributed by atoms with Gasteiger partial charge in [0, 0.05) is 15.7 Å². The number of piperazine rings is 1. The van der Waals surface area contributed by atoms with E-state index in [4.69, 9.17) is 23.2 Å². The minimum atomic E-state index is -3.50. The summed E-state index contributed by atoms with van der Waals surface area (Å²) in [6.07, 6.45) is 0. The van der Waals surface area contributed by atoms with Crippen molar-refractivity contribution in [2.45, 2.75) is 11.8 Å². The molecule has 0 saturated carbocycles. The van der Waals surface area contributed by atoms with Crippen LogP contribution in [0.25, 0.3) is 0 Å². The molecule has 0 bridgehead atoms. The Balaban J connectivity index is 1.55. The zero-order chi connectivity index (χ0) is 20.3. The smallest absolute Gasteiger partial charge is 0.279 e. The standard InChI is InChI=1S/C19H21Cl2N3O3S/c1-14-2-4-18(5-3-14)28(26,27)24-8-6-23(7-9-24)13-19(25)22-17-11-15(20)10-16(21)12-17/h2-5,10-12H,6-9,13H2,1H3,(H,22,25)/p+1. The number of hydrogen-bond donors (Lipinski definition) is 2. The monoisotopic (exact) mass is 442 g/mol. The number of nitrogens with zero attached hydrogens (tertiary/aromatic N) is 1. The Labute approximate surface area is 175 Å². The van der Waals surface area contributed by atoms with Crippen LogP contribution in [0.3, 0.4) is 0 Å². The first-order chi connectivity index (χ1) is 13.2. The molecule has 6 nitrogen and oxygen atoms in total. The molecule has 3 rings (SSSR count). The Kier molecular flexibility index (Phi) is 6.62. The lowest BCUT2D eigenvalue weighted by molar-refractivity contribution is -0.895. The Morgan fingerprint density at radius 1 is 1.07 bits per heavy atom. The van der Waals surface area contributed by atoms with Crippen LogP contribution in [-0.4, -0.2) is 51.4 Å². The molecule has 1 amide bonds. The molecule has 2 N–H and O–H groups in total. The maximum absolute atomic E-state index is 12.7. The first kappa shape index (κ1) is 21.1. The number of hydrogen-bond acceptors (Lipinski definition) is 3. The zero-order valence-electron chi connectivity index (χ0n) is 15.4. The molecular formula is C19H22Cl2N3O3S+. The van der Waals surface area contributed by atoms with E-state index in [9.17, 15) is 13.2 Å². The Hall–Kier alpha value is -1.64. The molecule has 0 aliphatic carbocycles. The molecule has 1 aliphatic rings. The lowest BCUT2D eigenvalue weighted by atomic mass is 10.2. The Bertz CT molecular complexity index is 937. The van der Waals surface area contributed by atoms with Crippen molar-refractivity contribution < 1.29 is 18.1 Å². The highest BCUT2D eigenvalue weighted by atomic mass is 35.5. The topological polar surface area (TPSA) is 70.9 Å². The highest BCUT2D eigenvalue weighted by molar-refractivity contribution is 7.89. The summed E-state index contributed by atoms with van der Waals surface area (Å²) in [6.45, 7) is 4.05. The molecule has 1 aliphatic heterocycles. The van der Waals surface area contributed by atoms with E-state index < -0.39 is 10.0 Å². The summed E-state index contributed by atoms with van der Waals surface area (Å²) in [5, 5.41) is 3.68. The van der Waals surface area contributed by atoms with Crippen molar-refractivity contribution in [2.75, 3.05) is 38.0 Å². The number of carbonyl (C=O) groups excluding carboxylic acids is 1. The van der Waals surface area contributed by atoms with E-state index >= 15 is 0 Å². The molecule has 1 saturated heterocycles. The van der Waals surface area contributed by atoms with Gasteiger partial charge in [-0.15, -0.1) is 0 Å². The number of nitrogens with one attached hydrogen (secondary N) is 2. The van der Waals surface area contributed by atoms with Crippen molar-refractivity contribution in [2.24, 2.45) is 0 Å². The quantitative estimate of drug-likeness (QED) is 0.741. The summed E-state index contributed by atoms with van der Waals surface area (Å²) >= 11 is 11.9. The number of amides is 1. The molecule has 0 aromatic heterocycles. The fourth-order valence-electron chi connectivity index (χ4n) is 3.14. The maximum atomic E-state index is 12.7. The second-order valence-electron chi connectivity index (χ2n) is 6.85. The third-order valence-electron chi connectivity index (χ3n) is 4.65. The van der Waals surface area contributed by atoms with Gasteiger partial charge in [0.1, 0.15) is 0 Å². The van der Waals surface area contributed by atoms with Gasteiger partial charge in [0.2, 0.25) is 10.0 Å². The predicted octanol–water partition coefficient (Wildman–Crippen LogP) is 1.83. The minimum Gasteiger partial charge on any atom is -0.325 e. The van der Waals surface area contributed by atoms with Gasteiger partial charge < -0.3 is 10.2 Å². The number of benzene rings is 2. The molecule has 1 heterocycles. The van der Waals surface area contributed by atoms with Crippen molar-refractivity contribution in [3.63, 3.8) is 0 Å². The molecule has 9 heteroatoms. The van der Waals surface area contributed by atoms with Crippen molar-refractivity contribution in [3.8, 4) is 0 Å². The van der Waals surface area contributed by atoms with Gasteiger partial charge >= 0.3 is 0 Å². The van der Waals surface area contributed by atoms with E-state index in [2.05, 4.69) is 5.32 Å². The summed E-state index contributed by atoms with van der Waals surface area (Å²) in [6, 6.07) is 11.7. The second kappa shape index (κ2) is 8.80. The van der Waals surface area contributed by atoms with Crippen LogP contribution in [0.2, 0.25) is 10.0 Å². The lowest BCUT2D eigenvalue weighted by Crippen LogP contribution is -3.15. The maximum Gasteiger partial charge on any atom is 0.279 e. The molecular weight excluding hydrogens is 421 g/mol. The molecule has 0 radical (unpaired) electrons.